The summed E-state index contributed by atoms with van der Waals surface area (Å²) in [4.78, 5) is 4.73. The van der Waals surface area contributed by atoms with Crippen molar-refractivity contribution in [1.82, 2.24) is 4.98 Å². The molecule has 0 atom stereocenters. The third-order valence-corrected chi connectivity index (χ3v) is 8.21. The number of hydrogen-bond acceptors (Lipinski definition) is 2. The molecule has 0 aliphatic carbocycles. The van der Waals surface area contributed by atoms with Crippen molar-refractivity contribution in [3.05, 3.63) is 157 Å². The molecule has 0 amide bonds. The van der Waals surface area contributed by atoms with Gasteiger partial charge in [-0.3, -0.25) is 4.98 Å². The molecule has 0 aliphatic heterocycles. The molecule has 0 spiro atoms. The number of pyridine rings is 1. The van der Waals surface area contributed by atoms with Gasteiger partial charge in [0.15, 0.2) is 0 Å². The second-order valence-electron chi connectivity index (χ2n) is 11.0. The lowest BCUT2D eigenvalue weighted by Gasteiger charge is -2.18. The van der Waals surface area contributed by atoms with Crippen molar-refractivity contribution in [2.75, 3.05) is 0 Å². The summed E-state index contributed by atoms with van der Waals surface area (Å²) in [5.41, 5.74) is 15.9. The zero-order chi connectivity index (χ0) is 29.3. The minimum Gasteiger partial charge on any atom is -0.402 e. The van der Waals surface area contributed by atoms with Gasteiger partial charge in [-0.05, 0) is 104 Å². The monoisotopic (exact) mass is 552 g/mol. The Balaban J connectivity index is 1.34. The Hall–Kier alpha value is -5.47. The third-order valence-electron chi connectivity index (χ3n) is 8.21. The molecule has 1 heterocycles. The summed E-state index contributed by atoms with van der Waals surface area (Å²) in [7, 11) is 0. The molecular weight excluding hydrogens is 520 g/mol. The summed E-state index contributed by atoms with van der Waals surface area (Å²) in [6, 6.07) is 46.1. The fourth-order valence-corrected chi connectivity index (χ4v) is 6.22. The van der Waals surface area contributed by atoms with Gasteiger partial charge in [-0.25, -0.2) is 0 Å². The molecule has 7 rings (SSSR count). The van der Waals surface area contributed by atoms with Crippen molar-refractivity contribution >= 4 is 37.9 Å². The highest BCUT2D eigenvalue weighted by atomic mass is 14.7. The number of hydrogen-bond donors (Lipinski definition) is 1. The zero-order valence-corrected chi connectivity index (χ0v) is 24.4. The van der Waals surface area contributed by atoms with Crippen LogP contribution in [0.5, 0.6) is 0 Å². The number of rotatable bonds is 5. The minimum absolute atomic E-state index is 0.765. The number of fused-ring (bicyclic) bond motifs is 3. The number of nitrogens with zero attached hydrogens (tertiary/aromatic N) is 1. The van der Waals surface area contributed by atoms with Crippen molar-refractivity contribution in [1.29, 1.82) is 0 Å². The van der Waals surface area contributed by atoms with Gasteiger partial charge in [-0.2, -0.15) is 0 Å². The van der Waals surface area contributed by atoms with E-state index in [4.69, 9.17) is 10.7 Å². The predicted molar refractivity (Wildman–Crippen MR) is 185 cm³/mol. The Morgan fingerprint density at radius 2 is 1.07 bits per heavy atom. The van der Waals surface area contributed by atoms with Crippen LogP contribution >= 0.6 is 0 Å². The molecule has 7 aromatic rings. The summed E-state index contributed by atoms with van der Waals surface area (Å²) in [6.45, 7) is 3.90. The first kappa shape index (κ1) is 26.4. The van der Waals surface area contributed by atoms with Gasteiger partial charge in [0.1, 0.15) is 0 Å². The zero-order valence-electron chi connectivity index (χ0n) is 24.4. The Morgan fingerprint density at radius 1 is 0.558 bits per heavy atom. The van der Waals surface area contributed by atoms with E-state index in [2.05, 4.69) is 127 Å². The summed E-state index contributed by atoms with van der Waals surface area (Å²) in [5, 5.41) is 7.49. The highest BCUT2D eigenvalue weighted by Crippen LogP contribution is 2.44. The second-order valence-corrected chi connectivity index (χ2v) is 11.0. The molecule has 1 aromatic heterocycles. The Kier molecular flexibility index (Phi) is 6.81. The molecule has 6 aromatic carbocycles. The van der Waals surface area contributed by atoms with E-state index >= 15 is 0 Å². The average Bonchev–Trinajstić information content (AvgIpc) is 3.06. The highest BCUT2D eigenvalue weighted by molar-refractivity contribution is 6.21. The van der Waals surface area contributed by atoms with Crippen molar-refractivity contribution in [2.24, 2.45) is 5.73 Å². The lowest BCUT2D eigenvalue weighted by atomic mass is 9.85. The van der Waals surface area contributed by atoms with Gasteiger partial charge in [0.25, 0.3) is 0 Å². The van der Waals surface area contributed by atoms with Crippen molar-refractivity contribution < 1.29 is 0 Å². The van der Waals surface area contributed by atoms with Crippen molar-refractivity contribution in [3.8, 4) is 33.4 Å². The summed E-state index contributed by atoms with van der Waals surface area (Å²) >= 11 is 0. The standard InChI is InChI=1S/C41H32N2/c1-3-28(23-27(2)42)39-22-21-34(26-43-39)32-18-17-31-25-33(20-19-30(31)24-32)41-37-15-9-7-13-35(37)40(29-11-5-4-6-12-29)36-14-8-10-16-38(36)41/h3-26H,42H2,1-2H3/b27-23-,28-3+. The molecule has 43 heavy (non-hydrogen) atoms. The molecule has 2 heteroatoms. The van der Waals surface area contributed by atoms with Crippen LogP contribution in [0.15, 0.2) is 151 Å². The molecule has 0 unspecified atom stereocenters. The summed E-state index contributed by atoms with van der Waals surface area (Å²) < 4.78 is 0. The van der Waals surface area contributed by atoms with Crippen molar-refractivity contribution in [2.45, 2.75) is 13.8 Å². The summed E-state index contributed by atoms with van der Waals surface area (Å²) in [5.74, 6) is 0. The topological polar surface area (TPSA) is 38.9 Å². The normalized spacial score (nSPS) is 12.3. The third kappa shape index (κ3) is 4.87. The van der Waals surface area contributed by atoms with Gasteiger partial charge in [0.05, 0.1) is 5.69 Å². The largest absolute Gasteiger partial charge is 0.402 e. The lowest BCUT2D eigenvalue weighted by molar-refractivity contribution is 1.26. The maximum atomic E-state index is 5.91. The van der Waals surface area contributed by atoms with E-state index in [1.54, 1.807) is 0 Å². The first-order valence-electron chi connectivity index (χ1n) is 14.7. The van der Waals surface area contributed by atoms with Crippen LogP contribution in [0.25, 0.3) is 71.3 Å². The number of allylic oxidation sites excluding steroid dienone is 4. The molecular formula is C41H32N2. The molecule has 0 saturated carbocycles. The van der Waals surface area contributed by atoms with E-state index in [9.17, 15) is 0 Å². The SMILES string of the molecule is C/C=C(\C=C(\C)N)c1ccc(-c2ccc3cc(-c4c5ccccc5c(-c5ccccc5)c5ccccc45)ccc3c2)cn1. The van der Waals surface area contributed by atoms with Crippen LogP contribution in [0.2, 0.25) is 0 Å². The maximum absolute atomic E-state index is 5.91. The fourth-order valence-electron chi connectivity index (χ4n) is 6.22. The highest BCUT2D eigenvalue weighted by Gasteiger charge is 2.16. The average molecular weight is 553 g/mol. The van der Waals surface area contributed by atoms with Crippen LogP contribution in [0.1, 0.15) is 19.5 Å². The Bertz CT molecular complexity index is 2130. The lowest BCUT2D eigenvalue weighted by Crippen LogP contribution is -1.93. The van der Waals surface area contributed by atoms with E-state index in [1.165, 1.54) is 54.6 Å². The fraction of sp³-hybridized carbons (Fsp3) is 0.0488. The van der Waals surface area contributed by atoms with Crippen LogP contribution < -0.4 is 5.73 Å². The van der Waals surface area contributed by atoms with E-state index in [1.807, 2.05) is 32.2 Å². The first-order valence-corrected chi connectivity index (χ1v) is 14.7. The van der Waals surface area contributed by atoms with Gasteiger partial charge in [0.2, 0.25) is 0 Å². The Labute approximate surface area is 252 Å². The molecule has 0 radical (unpaired) electrons. The minimum atomic E-state index is 0.765. The molecule has 0 bridgehead atoms. The number of benzene rings is 6. The molecule has 0 aliphatic rings. The van der Waals surface area contributed by atoms with E-state index < -0.39 is 0 Å². The van der Waals surface area contributed by atoms with E-state index in [0.29, 0.717) is 0 Å². The molecule has 206 valence electrons. The van der Waals surface area contributed by atoms with Gasteiger partial charge in [-0.15, -0.1) is 0 Å². The quantitative estimate of drug-likeness (QED) is 0.170. The van der Waals surface area contributed by atoms with Crippen LogP contribution in [-0.4, -0.2) is 4.98 Å². The first-order chi connectivity index (χ1) is 21.1. The van der Waals surface area contributed by atoms with E-state index in [0.717, 1.165) is 28.1 Å². The van der Waals surface area contributed by atoms with Crippen LogP contribution in [0.3, 0.4) is 0 Å². The smallest absolute Gasteiger partial charge is 0.0699 e. The van der Waals surface area contributed by atoms with Gasteiger partial charge in [-0.1, -0.05) is 115 Å². The van der Waals surface area contributed by atoms with E-state index in [-0.39, 0.29) is 0 Å². The van der Waals surface area contributed by atoms with Crippen molar-refractivity contribution in [3.63, 3.8) is 0 Å². The summed E-state index contributed by atoms with van der Waals surface area (Å²) in [6.07, 6.45) is 5.94. The van der Waals surface area contributed by atoms with Crippen LogP contribution in [-0.2, 0) is 0 Å². The number of nitrogens with two attached hydrogens (primary N) is 1. The van der Waals surface area contributed by atoms with Crippen LogP contribution in [0, 0.1) is 0 Å². The number of aromatic nitrogens is 1. The van der Waals surface area contributed by atoms with Gasteiger partial charge < -0.3 is 5.73 Å². The predicted octanol–water partition coefficient (Wildman–Crippen LogP) is 10.8. The van der Waals surface area contributed by atoms with Crippen LogP contribution in [0.4, 0.5) is 0 Å². The Morgan fingerprint density at radius 3 is 1.60 bits per heavy atom. The second kappa shape index (κ2) is 11.1. The molecule has 2 nitrogen and oxygen atoms in total. The van der Waals surface area contributed by atoms with Gasteiger partial charge in [0, 0.05) is 17.5 Å². The maximum Gasteiger partial charge on any atom is 0.0699 e. The molecule has 0 fully saturated rings. The molecule has 2 N–H and O–H groups in total. The molecule has 0 saturated heterocycles. The van der Waals surface area contributed by atoms with Gasteiger partial charge >= 0.3 is 0 Å².